The molecule has 0 spiro atoms. The Morgan fingerprint density at radius 1 is 0.929 bits per heavy atom. The fourth-order valence-electron chi connectivity index (χ4n) is 1.96. The van der Waals surface area contributed by atoms with E-state index >= 15 is 0 Å². The van der Waals surface area contributed by atoms with Crippen LogP contribution < -0.4 is 0 Å². The van der Waals surface area contributed by atoms with Gasteiger partial charge in [0.15, 0.2) is 0 Å². The van der Waals surface area contributed by atoms with Gasteiger partial charge in [0.1, 0.15) is 0 Å². The van der Waals surface area contributed by atoms with Gasteiger partial charge in [-0.25, -0.2) is 0 Å². The Bertz CT molecular complexity index is 187. The van der Waals surface area contributed by atoms with Crippen LogP contribution in [0.5, 0.6) is 0 Å². The van der Waals surface area contributed by atoms with Gasteiger partial charge in [0, 0.05) is 11.8 Å². The van der Waals surface area contributed by atoms with Gasteiger partial charge in [-0.15, -0.1) is 0 Å². The first-order valence-corrected chi connectivity index (χ1v) is 4.48. The summed E-state index contributed by atoms with van der Waals surface area (Å²) in [5.41, 5.74) is 0. The lowest BCUT2D eigenvalue weighted by atomic mass is 9.95. The van der Waals surface area contributed by atoms with Crippen molar-refractivity contribution in [2.45, 2.75) is 24.4 Å². The third kappa shape index (κ3) is 1.77. The molecule has 6 atom stereocenters. The van der Waals surface area contributed by atoms with Gasteiger partial charge in [0.2, 0.25) is 0 Å². The molecule has 0 heterocycles. The number of rotatable bonds is 3. The number of hydrogen-bond acceptors (Lipinski definition) is 6. The van der Waals surface area contributed by atoms with Crippen molar-refractivity contribution >= 4 is 0 Å². The average molecular weight is 208 g/mol. The molecule has 0 radical (unpaired) electrons. The van der Waals surface area contributed by atoms with Gasteiger partial charge in [-0.1, -0.05) is 0 Å². The minimum Gasteiger partial charge on any atom is -0.396 e. The molecule has 0 aliphatic heterocycles. The first-order valence-electron chi connectivity index (χ1n) is 4.48. The molecule has 0 bridgehead atoms. The van der Waals surface area contributed by atoms with Crippen molar-refractivity contribution in [2.24, 2.45) is 11.8 Å². The van der Waals surface area contributed by atoms with Crippen LogP contribution in [0.2, 0.25) is 0 Å². The lowest BCUT2D eigenvalue weighted by Gasteiger charge is -2.23. The lowest BCUT2D eigenvalue weighted by molar-refractivity contribution is -0.0586. The smallest absolute Gasteiger partial charge is 0.0882 e. The number of hydrogen-bond donors (Lipinski definition) is 6. The van der Waals surface area contributed by atoms with Crippen molar-refractivity contribution in [3.63, 3.8) is 0 Å². The predicted octanol–water partition coefficient (Wildman–Crippen LogP) is -3.34. The van der Waals surface area contributed by atoms with Gasteiger partial charge in [-0.2, -0.15) is 0 Å². The highest BCUT2D eigenvalue weighted by Gasteiger charge is 2.50. The van der Waals surface area contributed by atoms with Crippen LogP contribution in [-0.4, -0.2) is 68.3 Å². The summed E-state index contributed by atoms with van der Waals surface area (Å²) < 4.78 is 0. The fraction of sp³-hybridized carbons (Fsp3) is 1.00. The van der Waals surface area contributed by atoms with Gasteiger partial charge < -0.3 is 30.6 Å². The van der Waals surface area contributed by atoms with E-state index in [1.165, 1.54) is 0 Å². The predicted molar refractivity (Wildman–Crippen MR) is 45.2 cm³/mol. The molecule has 0 aromatic rings. The van der Waals surface area contributed by atoms with E-state index in [0.717, 1.165) is 0 Å². The first kappa shape index (κ1) is 11.8. The molecule has 14 heavy (non-hydrogen) atoms. The average Bonchev–Trinajstić information content (AvgIpc) is 2.38. The van der Waals surface area contributed by atoms with Gasteiger partial charge in [0.05, 0.1) is 37.6 Å². The zero-order valence-corrected chi connectivity index (χ0v) is 7.56. The summed E-state index contributed by atoms with van der Waals surface area (Å²) in [6.45, 7) is -1.09. The van der Waals surface area contributed by atoms with Gasteiger partial charge >= 0.3 is 0 Å². The molecule has 6 nitrogen and oxygen atoms in total. The largest absolute Gasteiger partial charge is 0.396 e. The molecule has 0 amide bonds. The maximum atomic E-state index is 9.54. The molecule has 6 N–H and O–H groups in total. The van der Waals surface area contributed by atoms with E-state index in [9.17, 15) is 20.4 Å². The minimum atomic E-state index is -1.33. The quantitative estimate of drug-likeness (QED) is 0.288. The molecule has 4 unspecified atom stereocenters. The summed E-state index contributed by atoms with van der Waals surface area (Å²) in [6.07, 6.45) is -5.12. The van der Waals surface area contributed by atoms with Crippen LogP contribution in [0.1, 0.15) is 0 Å². The van der Waals surface area contributed by atoms with Crippen LogP contribution in [0.25, 0.3) is 0 Å². The van der Waals surface area contributed by atoms with Crippen molar-refractivity contribution in [2.75, 3.05) is 13.2 Å². The van der Waals surface area contributed by atoms with Gasteiger partial charge in [-0.05, 0) is 0 Å². The topological polar surface area (TPSA) is 121 Å². The van der Waals surface area contributed by atoms with Crippen molar-refractivity contribution in [3.05, 3.63) is 0 Å². The Labute approximate surface area is 81.1 Å². The Balaban J connectivity index is 2.77. The molecule has 84 valence electrons. The maximum absolute atomic E-state index is 9.54. The standard InChI is InChI=1S/C8H16O6/c9-1-3-6(12)5(4(11)2-10)8(14)7(3)13/h3-14H,1-2H2/t3?,4?,5-,6?,7-,8?/m1/s1. The number of aliphatic hydroxyl groups is 6. The van der Waals surface area contributed by atoms with E-state index in [1.807, 2.05) is 0 Å². The van der Waals surface area contributed by atoms with E-state index in [1.54, 1.807) is 0 Å². The Kier molecular flexibility index (Phi) is 3.82. The van der Waals surface area contributed by atoms with Crippen LogP contribution in [-0.2, 0) is 0 Å². The normalized spacial score (nSPS) is 45.4. The molecule has 1 aliphatic carbocycles. The fourth-order valence-corrected chi connectivity index (χ4v) is 1.96. The Morgan fingerprint density at radius 3 is 1.86 bits per heavy atom. The molecular formula is C8H16O6. The lowest BCUT2D eigenvalue weighted by Crippen LogP contribution is -2.39. The van der Waals surface area contributed by atoms with Crippen molar-refractivity contribution in [3.8, 4) is 0 Å². The minimum absolute atomic E-state index is 0.478. The van der Waals surface area contributed by atoms with E-state index in [2.05, 4.69) is 0 Å². The second kappa shape index (κ2) is 4.52. The SMILES string of the molecule is OCC1C(O)[C@@H](C(O)CO)C(O)[C@@H]1O. The molecule has 6 heteroatoms. The Morgan fingerprint density at radius 2 is 1.50 bits per heavy atom. The summed E-state index contributed by atoms with van der Waals surface area (Å²) in [4.78, 5) is 0. The van der Waals surface area contributed by atoms with Crippen LogP contribution in [0.3, 0.4) is 0 Å². The van der Waals surface area contributed by atoms with Crippen LogP contribution in [0.4, 0.5) is 0 Å². The highest BCUT2D eigenvalue weighted by atomic mass is 16.4. The van der Waals surface area contributed by atoms with E-state index in [4.69, 9.17) is 10.2 Å². The molecule has 0 aromatic heterocycles. The van der Waals surface area contributed by atoms with Crippen molar-refractivity contribution in [1.82, 2.24) is 0 Å². The van der Waals surface area contributed by atoms with E-state index in [0.29, 0.717) is 0 Å². The van der Waals surface area contributed by atoms with Gasteiger partial charge in [0.25, 0.3) is 0 Å². The molecule has 1 fully saturated rings. The van der Waals surface area contributed by atoms with Crippen LogP contribution in [0, 0.1) is 11.8 Å². The highest BCUT2D eigenvalue weighted by Crippen LogP contribution is 2.34. The third-order valence-electron chi connectivity index (χ3n) is 2.86. The van der Waals surface area contributed by atoms with Crippen LogP contribution in [0.15, 0.2) is 0 Å². The molecule has 0 aromatic carbocycles. The van der Waals surface area contributed by atoms with Crippen LogP contribution >= 0.6 is 0 Å². The highest BCUT2D eigenvalue weighted by molar-refractivity contribution is 5.00. The molecule has 1 saturated carbocycles. The summed E-state index contributed by atoms with van der Waals surface area (Å²) in [5, 5.41) is 55.1. The zero-order valence-electron chi connectivity index (χ0n) is 7.56. The molecule has 1 rings (SSSR count). The second-order valence-electron chi connectivity index (χ2n) is 3.65. The molecule has 0 saturated heterocycles. The van der Waals surface area contributed by atoms with Gasteiger partial charge in [-0.3, -0.25) is 0 Å². The number of aliphatic hydroxyl groups excluding tert-OH is 6. The Hall–Kier alpha value is -0.240. The van der Waals surface area contributed by atoms with E-state index < -0.39 is 49.5 Å². The first-order chi connectivity index (χ1) is 6.54. The maximum Gasteiger partial charge on any atom is 0.0882 e. The summed E-state index contributed by atoms with van der Waals surface area (Å²) in [5.74, 6) is -1.90. The summed E-state index contributed by atoms with van der Waals surface area (Å²) >= 11 is 0. The summed E-state index contributed by atoms with van der Waals surface area (Å²) in [6, 6.07) is 0. The molecular weight excluding hydrogens is 192 g/mol. The van der Waals surface area contributed by atoms with Crippen molar-refractivity contribution < 1.29 is 30.6 Å². The third-order valence-corrected chi connectivity index (χ3v) is 2.86. The van der Waals surface area contributed by atoms with E-state index in [-0.39, 0.29) is 0 Å². The summed E-state index contributed by atoms with van der Waals surface area (Å²) in [7, 11) is 0. The van der Waals surface area contributed by atoms with Crippen molar-refractivity contribution in [1.29, 1.82) is 0 Å². The molecule has 1 aliphatic rings. The second-order valence-corrected chi connectivity index (χ2v) is 3.65. The zero-order chi connectivity index (χ0) is 10.9. The monoisotopic (exact) mass is 208 g/mol.